The minimum absolute atomic E-state index is 0.324. The predicted octanol–water partition coefficient (Wildman–Crippen LogP) is 0.152. The van der Waals surface area contributed by atoms with Crippen LogP contribution in [0.2, 0.25) is 0 Å². The maximum Gasteiger partial charge on any atom is 0.314 e. The van der Waals surface area contributed by atoms with Crippen LogP contribution in [0.4, 0.5) is 0 Å². The normalized spacial score (nSPS) is 31.1. The molecule has 0 spiro atoms. The van der Waals surface area contributed by atoms with E-state index in [1.54, 1.807) is 22.6 Å². The highest BCUT2D eigenvalue weighted by Gasteiger charge is 2.50. The summed E-state index contributed by atoms with van der Waals surface area (Å²) in [5.74, 6) is -3.25. The van der Waals surface area contributed by atoms with Gasteiger partial charge >= 0.3 is 5.97 Å². The third-order valence-corrected chi connectivity index (χ3v) is 3.79. The van der Waals surface area contributed by atoms with Crippen molar-refractivity contribution >= 4 is 38.7 Å². The summed E-state index contributed by atoms with van der Waals surface area (Å²) in [5, 5.41) is 18.4. The first-order valence-electron chi connectivity index (χ1n) is 3.67. The van der Waals surface area contributed by atoms with Gasteiger partial charge in [0.1, 0.15) is 5.92 Å². The number of hydrogen-bond donors (Lipinski definition) is 3. The zero-order valence-corrected chi connectivity index (χ0v) is 10.1. The molecule has 15 heavy (non-hydrogen) atoms. The molecule has 2 atom stereocenters. The van der Waals surface area contributed by atoms with Crippen molar-refractivity contribution < 1.29 is 28.0 Å². The average molecular weight is 346 g/mol. The number of halogens is 1. The molecule has 1 aliphatic rings. The van der Waals surface area contributed by atoms with Crippen LogP contribution in [0.25, 0.3) is 0 Å². The van der Waals surface area contributed by atoms with Crippen LogP contribution in [0.15, 0.2) is 21.8 Å². The number of rotatable bonds is 2. The van der Waals surface area contributed by atoms with E-state index in [1.807, 2.05) is 0 Å². The van der Waals surface area contributed by atoms with Crippen LogP contribution in [0, 0.1) is 5.92 Å². The lowest BCUT2D eigenvalue weighted by Gasteiger charge is -2.28. The van der Waals surface area contributed by atoms with E-state index in [1.165, 1.54) is 6.08 Å². The van der Waals surface area contributed by atoms with Gasteiger partial charge in [-0.25, -0.2) is 0 Å². The number of aliphatic carboxylic acids is 1. The van der Waals surface area contributed by atoms with E-state index in [4.69, 9.17) is 9.66 Å². The second-order valence-corrected chi connectivity index (χ2v) is 5.78. The minimum Gasteiger partial charge on any atom is -0.481 e. The van der Waals surface area contributed by atoms with Crippen molar-refractivity contribution in [2.24, 2.45) is 5.92 Å². The van der Waals surface area contributed by atoms with Gasteiger partial charge in [0.15, 0.2) is 0 Å². The number of carbonyl (C=O) groups is 1. The quantitative estimate of drug-likeness (QED) is 0.485. The third kappa shape index (κ3) is 2.22. The lowest BCUT2D eigenvalue weighted by atomic mass is 9.97. The molecule has 1 aliphatic carbocycles. The fourth-order valence-corrected chi connectivity index (χ4v) is 2.83. The standard InChI is InChI=1S/C7H7IO6S/c8-4-1-2-5(6(9)10)7(11,3-4)15(12,13)14/h1-3,5,11H,(H,9,10)(H,12,13,14). The van der Waals surface area contributed by atoms with Crippen LogP contribution in [-0.4, -0.2) is 34.1 Å². The molecule has 0 saturated carbocycles. The van der Waals surface area contributed by atoms with Gasteiger partial charge in [0.05, 0.1) is 0 Å². The second-order valence-electron chi connectivity index (χ2n) is 2.93. The Labute approximate surface area is 99.2 Å². The molecule has 8 heteroatoms. The number of allylic oxidation sites excluding steroid dienone is 2. The summed E-state index contributed by atoms with van der Waals surface area (Å²) >= 11 is 1.70. The lowest BCUT2D eigenvalue weighted by molar-refractivity contribution is -0.143. The molecule has 3 N–H and O–H groups in total. The van der Waals surface area contributed by atoms with Gasteiger partial charge in [-0.1, -0.05) is 12.2 Å². The summed E-state index contributed by atoms with van der Waals surface area (Å²) in [5.41, 5.74) is 0. The summed E-state index contributed by atoms with van der Waals surface area (Å²) < 4.78 is 31.0. The molecule has 0 aromatic rings. The number of hydrogen-bond acceptors (Lipinski definition) is 4. The zero-order chi connectivity index (χ0) is 11.9. The molecular weight excluding hydrogens is 339 g/mol. The van der Waals surface area contributed by atoms with E-state index in [9.17, 15) is 18.3 Å². The molecule has 0 bridgehead atoms. The maximum atomic E-state index is 10.9. The molecule has 0 fully saturated rings. The van der Waals surface area contributed by atoms with Crippen LogP contribution >= 0.6 is 22.6 Å². The van der Waals surface area contributed by atoms with Crippen molar-refractivity contribution in [1.29, 1.82) is 0 Å². The summed E-state index contributed by atoms with van der Waals surface area (Å²) in [6.07, 6.45) is 3.15. The number of carboxylic acids is 1. The van der Waals surface area contributed by atoms with Crippen LogP contribution in [0.5, 0.6) is 0 Å². The van der Waals surface area contributed by atoms with Gasteiger partial charge in [-0.2, -0.15) is 8.42 Å². The maximum absolute atomic E-state index is 10.9. The molecule has 2 unspecified atom stereocenters. The van der Waals surface area contributed by atoms with E-state index in [2.05, 4.69) is 0 Å². The van der Waals surface area contributed by atoms with E-state index < -0.39 is 26.9 Å². The van der Waals surface area contributed by atoms with Crippen molar-refractivity contribution in [3.8, 4) is 0 Å². The Balaban J connectivity index is 3.36. The van der Waals surface area contributed by atoms with Crippen molar-refractivity contribution in [2.45, 2.75) is 4.93 Å². The highest BCUT2D eigenvalue weighted by molar-refractivity contribution is 14.1. The van der Waals surface area contributed by atoms with Crippen LogP contribution in [0.3, 0.4) is 0 Å². The van der Waals surface area contributed by atoms with Gasteiger partial charge in [0, 0.05) is 3.58 Å². The number of carboxylic acid groups (broad SMARTS) is 1. The molecule has 6 nitrogen and oxygen atoms in total. The van der Waals surface area contributed by atoms with Gasteiger partial charge in [0.2, 0.25) is 4.93 Å². The van der Waals surface area contributed by atoms with Gasteiger partial charge < -0.3 is 10.2 Å². The molecule has 84 valence electrons. The SMILES string of the molecule is O=C(O)C1C=CC(I)=CC1(O)S(=O)(=O)O. The summed E-state index contributed by atoms with van der Waals surface area (Å²) in [6, 6.07) is 0. The van der Waals surface area contributed by atoms with E-state index in [-0.39, 0.29) is 0 Å². The van der Waals surface area contributed by atoms with Crippen molar-refractivity contribution in [1.82, 2.24) is 0 Å². The Morgan fingerprint density at radius 1 is 1.53 bits per heavy atom. The molecule has 0 heterocycles. The van der Waals surface area contributed by atoms with Gasteiger partial charge in [0.25, 0.3) is 10.1 Å². The molecule has 0 amide bonds. The van der Waals surface area contributed by atoms with Crippen molar-refractivity contribution in [2.75, 3.05) is 0 Å². The zero-order valence-electron chi connectivity index (χ0n) is 7.16. The Hall–Kier alpha value is -0.450. The van der Waals surface area contributed by atoms with E-state index in [0.717, 1.165) is 12.2 Å². The largest absolute Gasteiger partial charge is 0.481 e. The van der Waals surface area contributed by atoms with Crippen LogP contribution in [0.1, 0.15) is 0 Å². The number of aliphatic hydroxyl groups is 1. The second kappa shape index (κ2) is 3.85. The van der Waals surface area contributed by atoms with Gasteiger partial charge in [-0.3, -0.25) is 9.35 Å². The van der Waals surface area contributed by atoms with Crippen molar-refractivity contribution in [3.05, 3.63) is 21.8 Å². The third-order valence-electron chi connectivity index (χ3n) is 1.92. The summed E-state index contributed by atoms with van der Waals surface area (Å²) in [7, 11) is -4.91. The minimum atomic E-state index is -4.91. The smallest absolute Gasteiger partial charge is 0.314 e. The molecule has 1 rings (SSSR count). The monoisotopic (exact) mass is 346 g/mol. The summed E-state index contributed by atoms with van der Waals surface area (Å²) in [6.45, 7) is 0. The van der Waals surface area contributed by atoms with Gasteiger partial charge in [-0.05, 0) is 28.7 Å². The van der Waals surface area contributed by atoms with E-state index in [0.29, 0.717) is 3.58 Å². The van der Waals surface area contributed by atoms with Crippen LogP contribution < -0.4 is 0 Å². The highest BCUT2D eigenvalue weighted by Crippen LogP contribution is 2.33. The predicted molar refractivity (Wildman–Crippen MR) is 58.9 cm³/mol. The fraction of sp³-hybridized carbons (Fsp3) is 0.286. The Bertz CT molecular complexity index is 450. The molecule has 0 radical (unpaired) electrons. The molecule has 0 aromatic heterocycles. The van der Waals surface area contributed by atoms with Gasteiger partial charge in [-0.15, -0.1) is 0 Å². The highest BCUT2D eigenvalue weighted by atomic mass is 127. The van der Waals surface area contributed by atoms with Crippen molar-refractivity contribution in [3.63, 3.8) is 0 Å². The molecule has 0 aromatic carbocycles. The topological polar surface area (TPSA) is 112 Å². The molecular formula is C7H7IO6S. The average Bonchev–Trinajstić information content (AvgIpc) is 2.00. The Morgan fingerprint density at radius 3 is 2.47 bits per heavy atom. The molecule has 0 saturated heterocycles. The van der Waals surface area contributed by atoms with Crippen LogP contribution in [-0.2, 0) is 14.9 Å². The first-order valence-corrected chi connectivity index (χ1v) is 6.19. The Kier molecular flexibility index (Phi) is 3.24. The first kappa shape index (κ1) is 12.6. The lowest BCUT2D eigenvalue weighted by Crippen LogP contribution is -2.47. The summed E-state index contributed by atoms with van der Waals surface area (Å²) in [4.78, 5) is 7.90. The van der Waals surface area contributed by atoms with E-state index >= 15 is 0 Å². The Morgan fingerprint density at radius 2 is 2.07 bits per heavy atom. The fourth-order valence-electron chi connectivity index (χ4n) is 1.16. The molecule has 0 aliphatic heterocycles. The first-order chi connectivity index (χ1) is 6.68.